The Kier molecular flexibility index (Phi) is 7.20. The summed E-state index contributed by atoms with van der Waals surface area (Å²) in [4.78, 5) is 12.0. The predicted molar refractivity (Wildman–Crippen MR) is 118 cm³/mol. The highest BCUT2D eigenvalue weighted by Gasteiger charge is 2.09. The van der Waals surface area contributed by atoms with E-state index in [4.69, 9.17) is 27.9 Å². The lowest BCUT2D eigenvalue weighted by Crippen LogP contribution is -2.20. The molecule has 0 aromatic heterocycles. The summed E-state index contributed by atoms with van der Waals surface area (Å²) in [5.74, 6) is 0.133. The number of halogens is 3. The molecular formula is C21H17BrCl2N2O2. The van der Waals surface area contributed by atoms with Crippen molar-refractivity contribution in [2.75, 3.05) is 17.2 Å². The largest absolute Gasteiger partial charge is 0.482 e. The van der Waals surface area contributed by atoms with Gasteiger partial charge in [0, 0.05) is 16.7 Å². The Morgan fingerprint density at radius 2 is 1.71 bits per heavy atom. The molecule has 4 nitrogen and oxygen atoms in total. The lowest BCUT2D eigenvalue weighted by Gasteiger charge is -2.11. The predicted octanol–water partition coefficient (Wildman–Crippen LogP) is 6.39. The van der Waals surface area contributed by atoms with Gasteiger partial charge in [-0.3, -0.25) is 4.79 Å². The Balaban J connectivity index is 1.53. The zero-order valence-electron chi connectivity index (χ0n) is 14.7. The number of para-hydroxylation sites is 1. The van der Waals surface area contributed by atoms with Gasteiger partial charge in [0.1, 0.15) is 5.75 Å². The van der Waals surface area contributed by atoms with Crippen LogP contribution in [0.25, 0.3) is 0 Å². The Morgan fingerprint density at radius 1 is 0.964 bits per heavy atom. The second-order valence-corrected chi connectivity index (χ2v) is 7.67. The van der Waals surface area contributed by atoms with Crippen molar-refractivity contribution in [3.8, 4) is 5.75 Å². The average molecular weight is 480 g/mol. The number of nitrogens with one attached hydrogen (secondary N) is 2. The van der Waals surface area contributed by atoms with E-state index in [9.17, 15) is 4.79 Å². The van der Waals surface area contributed by atoms with E-state index in [0.29, 0.717) is 28.0 Å². The molecule has 2 N–H and O–H groups in total. The van der Waals surface area contributed by atoms with Gasteiger partial charge in [0.15, 0.2) is 6.61 Å². The number of carbonyl (C=O) groups excluding carboxylic acids is 1. The number of rotatable bonds is 7. The van der Waals surface area contributed by atoms with Gasteiger partial charge in [-0.1, -0.05) is 57.3 Å². The summed E-state index contributed by atoms with van der Waals surface area (Å²) < 4.78 is 6.56. The minimum atomic E-state index is -0.315. The van der Waals surface area contributed by atoms with E-state index in [-0.39, 0.29) is 12.5 Å². The highest BCUT2D eigenvalue weighted by Crippen LogP contribution is 2.26. The van der Waals surface area contributed by atoms with Crippen LogP contribution in [0.3, 0.4) is 0 Å². The molecule has 0 radical (unpaired) electrons. The summed E-state index contributed by atoms with van der Waals surface area (Å²) in [6, 6.07) is 20.4. The fourth-order valence-corrected chi connectivity index (χ4v) is 3.14. The molecule has 0 aliphatic heterocycles. The van der Waals surface area contributed by atoms with Crippen molar-refractivity contribution in [1.82, 2.24) is 0 Å². The summed E-state index contributed by atoms with van der Waals surface area (Å²) in [6.07, 6.45) is 0. The first-order valence-electron chi connectivity index (χ1n) is 8.46. The zero-order valence-corrected chi connectivity index (χ0v) is 17.8. The van der Waals surface area contributed by atoms with Crippen LogP contribution in [-0.2, 0) is 11.3 Å². The third kappa shape index (κ3) is 5.89. The highest BCUT2D eigenvalue weighted by atomic mass is 79.9. The number of amides is 1. The van der Waals surface area contributed by atoms with E-state index in [2.05, 4.69) is 26.6 Å². The number of anilines is 2. The first-order valence-corrected chi connectivity index (χ1v) is 10.0. The second-order valence-electron chi connectivity index (χ2n) is 5.94. The van der Waals surface area contributed by atoms with Crippen molar-refractivity contribution in [2.24, 2.45) is 0 Å². The zero-order chi connectivity index (χ0) is 19.9. The van der Waals surface area contributed by atoms with Gasteiger partial charge in [-0.05, 0) is 54.1 Å². The summed E-state index contributed by atoms with van der Waals surface area (Å²) >= 11 is 15.7. The van der Waals surface area contributed by atoms with E-state index >= 15 is 0 Å². The van der Waals surface area contributed by atoms with Crippen LogP contribution in [0.1, 0.15) is 5.56 Å². The highest BCUT2D eigenvalue weighted by molar-refractivity contribution is 9.10. The number of hydrogen-bond donors (Lipinski definition) is 2. The molecule has 3 rings (SSSR count). The lowest BCUT2D eigenvalue weighted by atomic mass is 10.2. The van der Waals surface area contributed by atoms with Crippen molar-refractivity contribution in [3.63, 3.8) is 0 Å². The van der Waals surface area contributed by atoms with Crippen LogP contribution in [0.15, 0.2) is 71.2 Å². The molecule has 3 aromatic rings. The maximum Gasteiger partial charge on any atom is 0.262 e. The molecule has 3 aromatic carbocycles. The normalized spacial score (nSPS) is 10.4. The molecule has 28 heavy (non-hydrogen) atoms. The molecule has 0 spiro atoms. The second kappa shape index (κ2) is 9.82. The SMILES string of the molecule is O=C(COc1ccc(CNc2ccc(Br)cc2)cc1Cl)Nc1ccccc1Cl. The third-order valence-electron chi connectivity index (χ3n) is 3.84. The standard InChI is InChI=1S/C21H17BrCl2N2O2/c22-15-6-8-16(9-7-15)25-12-14-5-10-20(18(24)11-14)28-13-21(27)26-19-4-2-1-3-17(19)23/h1-11,25H,12-13H2,(H,26,27). The molecule has 0 saturated carbocycles. The molecule has 0 atom stereocenters. The van der Waals surface area contributed by atoms with Gasteiger partial charge in [0.05, 0.1) is 15.7 Å². The van der Waals surface area contributed by atoms with Gasteiger partial charge in [-0.2, -0.15) is 0 Å². The Labute approximate surface area is 181 Å². The number of ether oxygens (including phenoxy) is 1. The van der Waals surface area contributed by atoms with Gasteiger partial charge in [0.25, 0.3) is 5.91 Å². The minimum absolute atomic E-state index is 0.165. The van der Waals surface area contributed by atoms with Gasteiger partial charge in [0.2, 0.25) is 0 Å². The first kappa shape index (κ1) is 20.5. The molecule has 0 unspecified atom stereocenters. The molecule has 0 heterocycles. The molecule has 0 saturated heterocycles. The van der Waals surface area contributed by atoms with Crippen LogP contribution in [0, 0.1) is 0 Å². The van der Waals surface area contributed by atoms with E-state index in [0.717, 1.165) is 15.7 Å². The van der Waals surface area contributed by atoms with E-state index in [1.807, 2.05) is 36.4 Å². The maximum atomic E-state index is 12.0. The summed E-state index contributed by atoms with van der Waals surface area (Å²) in [5, 5.41) is 6.94. The average Bonchev–Trinajstić information content (AvgIpc) is 2.68. The van der Waals surface area contributed by atoms with Crippen LogP contribution in [-0.4, -0.2) is 12.5 Å². The molecule has 7 heteroatoms. The Morgan fingerprint density at radius 3 is 2.43 bits per heavy atom. The maximum absolute atomic E-state index is 12.0. The molecule has 0 bridgehead atoms. The summed E-state index contributed by atoms with van der Waals surface area (Å²) in [5.41, 5.74) is 2.55. The number of carbonyl (C=O) groups is 1. The monoisotopic (exact) mass is 478 g/mol. The van der Waals surface area contributed by atoms with Crippen molar-refractivity contribution < 1.29 is 9.53 Å². The fraction of sp³-hybridized carbons (Fsp3) is 0.0952. The summed E-state index contributed by atoms with van der Waals surface area (Å²) in [7, 11) is 0. The Bertz CT molecular complexity index is 965. The molecule has 144 valence electrons. The minimum Gasteiger partial charge on any atom is -0.482 e. The van der Waals surface area contributed by atoms with Crippen molar-refractivity contribution >= 4 is 56.4 Å². The lowest BCUT2D eigenvalue weighted by molar-refractivity contribution is -0.118. The molecule has 0 fully saturated rings. The molecule has 1 amide bonds. The van der Waals surface area contributed by atoms with E-state index < -0.39 is 0 Å². The van der Waals surface area contributed by atoms with Crippen LogP contribution in [0.5, 0.6) is 5.75 Å². The first-order chi connectivity index (χ1) is 13.5. The fourth-order valence-electron chi connectivity index (χ4n) is 2.44. The van der Waals surface area contributed by atoms with Crippen LogP contribution < -0.4 is 15.4 Å². The number of benzene rings is 3. The van der Waals surface area contributed by atoms with Crippen LogP contribution in [0.2, 0.25) is 10.0 Å². The molecular weight excluding hydrogens is 463 g/mol. The van der Waals surface area contributed by atoms with Crippen LogP contribution >= 0.6 is 39.1 Å². The molecule has 0 aliphatic rings. The van der Waals surface area contributed by atoms with Crippen LogP contribution in [0.4, 0.5) is 11.4 Å². The van der Waals surface area contributed by atoms with Crippen molar-refractivity contribution in [1.29, 1.82) is 0 Å². The van der Waals surface area contributed by atoms with Crippen molar-refractivity contribution in [2.45, 2.75) is 6.54 Å². The smallest absolute Gasteiger partial charge is 0.262 e. The summed E-state index contributed by atoms with van der Waals surface area (Å²) in [6.45, 7) is 0.454. The third-order valence-corrected chi connectivity index (χ3v) is 5.00. The van der Waals surface area contributed by atoms with Gasteiger partial charge >= 0.3 is 0 Å². The number of hydrogen-bond acceptors (Lipinski definition) is 3. The van der Waals surface area contributed by atoms with E-state index in [1.165, 1.54) is 0 Å². The van der Waals surface area contributed by atoms with E-state index in [1.54, 1.807) is 30.3 Å². The van der Waals surface area contributed by atoms with Gasteiger partial charge in [-0.25, -0.2) is 0 Å². The Hall–Kier alpha value is -2.21. The van der Waals surface area contributed by atoms with Gasteiger partial charge in [-0.15, -0.1) is 0 Å². The molecule has 0 aliphatic carbocycles. The topological polar surface area (TPSA) is 50.4 Å². The quantitative estimate of drug-likeness (QED) is 0.413. The van der Waals surface area contributed by atoms with Crippen molar-refractivity contribution in [3.05, 3.63) is 86.8 Å². The van der Waals surface area contributed by atoms with Gasteiger partial charge < -0.3 is 15.4 Å².